The molecule has 0 amide bonds. The predicted octanol–water partition coefficient (Wildman–Crippen LogP) is 3.86. The van der Waals surface area contributed by atoms with Crippen molar-refractivity contribution in [3.63, 3.8) is 0 Å². The molecule has 1 fully saturated rings. The number of rotatable bonds is 7. The highest BCUT2D eigenvalue weighted by molar-refractivity contribution is 7.89. The van der Waals surface area contributed by atoms with Crippen molar-refractivity contribution in [1.29, 1.82) is 0 Å². The molecule has 0 bridgehead atoms. The molecule has 1 aliphatic rings. The van der Waals surface area contributed by atoms with Crippen LogP contribution >= 0.6 is 11.3 Å². The van der Waals surface area contributed by atoms with Gasteiger partial charge in [0.2, 0.25) is 21.7 Å². The lowest BCUT2D eigenvalue weighted by Gasteiger charge is -2.35. The largest absolute Gasteiger partial charge is 0.337 e. The van der Waals surface area contributed by atoms with Gasteiger partial charge in [-0.15, -0.1) is 11.3 Å². The third kappa shape index (κ3) is 4.80. The fourth-order valence-corrected chi connectivity index (χ4v) is 5.48. The van der Waals surface area contributed by atoms with E-state index in [1.54, 1.807) is 23.5 Å². The minimum absolute atomic E-state index is 0.0114. The van der Waals surface area contributed by atoms with Crippen LogP contribution in [0.1, 0.15) is 37.3 Å². The molecule has 2 aromatic heterocycles. The second-order valence-corrected chi connectivity index (χ2v) is 10.5. The number of nitrogens with zero attached hydrogens (tertiary/aromatic N) is 3. The van der Waals surface area contributed by atoms with Crippen molar-refractivity contribution < 1.29 is 12.9 Å². The van der Waals surface area contributed by atoms with Crippen LogP contribution in [0.25, 0.3) is 10.7 Å². The molecule has 3 aromatic rings. The third-order valence-corrected chi connectivity index (χ3v) is 7.84. The maximum atomic E-state index is 12.6. The van der Waals surface area contributed by atoms with Gasteiger partial charge >= 0.3 is 0 Å². The minimum atomic E-state index is -3.50. The fraction of sp³-hybridized carbons (Fsp3) is 0.429. The Morgan fingerprint density at radius 1 is 1.30 bits per heavy atom. The van der Waals surface area contributed by atoms with Crippen LogP contribution in [0.5, 0.6) is 0 Å². The molecule has 30 heavy (non-hydrogen) atoms. The van der Waals surface area contributed by atoms with Gasteiger partial charge in [0.1, 0.15) is 0 Å². The van der Waals surface area contributed by atoms with E-state index in [4.69, 9.17) is 4.52 Å². The first-order valence-corrected chi connectivity index (χ1v) is 12.5. The molecule has 0 saturated carbocycles. The number of aryl methyl sites for hydroxylation is 1. The van der Waals surface area contributed by atoms with Crippen molar-refractivity contribution in [3.05, 3.63) is 53.2 Å². The van der Waals surface area contributed by atoms with Crippen LogP contribution in [0.2, 0.25) is 0 Å². The number of likely N-dealkylation sites (tertiary alicyclic amines) is 1. The summed E-state index contributed by atoms with van der Waals surface area (Å²) in [4.78, 5) is 8.15. The Kier molecular flexibility index (Phi) is 6.33. The number of nitrogens with one attached hydrogen (secondary N) is 1. The monoisotopic (exact) mass is 446 g/mol. The van der Waals surface area contributed by atoms with Gasteiger partial charge in [-0.3, -0.25) is 4.90 Å². The second-order valence-electron chi connectivity index (χ2n) is 7.78. The van der Waals surface area contributed by atoms with E-state index >= 15 is 0 Å². The van der Waals surface area contributed by atoms with Gasteiger partial charge in [-0.2, -0.15) is 4.98 Å². The smallest absolute Gasteiger partial charge is 0.244 e. The zero-order valence-corrected chi connectivity index (χ0v) is 18.7. The number of sulfonamides is 1. The summed E-state index contributed by atoms with van der Waals surface area (Å²) in [5, 5.41) is 6.10. The van der Waals surface area contributed by atoms with E-state index in [1.165, 1.54) is 0 Å². The minimum Gasteiger partial charge on any atom is -0.337 e. The summed E-state index contributed by atoms with van der Waals surface area (Å²) in [5.41, 5.74) is 1.04. The molecule has 1 aromatic carbocycles. The average molecular weight is 447 g/mol. The average Bonchev–Trinajstić information content (AvgIpc) is 3.44. The lowest BCUT2D eigenvalue weighted by molar-refractivity contribution is 0.112. The van der Waals surface area contributed by atoms with Gasteiger partial charge in [0.15, 0.2) is 0 Å². The van der Waals surface area contributed by atoms with Crippen LogP contribution in [-0.2, 0) is 10.0 Å². The highest BCUT2D eigenvalue weighted by Crippen LogP contribution is 2.28. The summed E-state index contributed by atoms with van der Waals surface area (Å²) in [6.45, 7) is 6.13. The maximum absolute atomic E-state index is 12.6. The van der Waals surface area contributed by atoms with Crippen LogP contribution in [0.15, 0.2) is 51.2 Å². The van der Waals surface area contributed by atoms with Crippen LogP contribution in [0, 0.1) is 12.8 Å². The molecule has 160 valence electrons. The molecule has 0 aliphatic carbocycles. The Morgan fingerprint density at radius 2 is 2.10 bits per heavy atom. The topological polar surface area (TPSA) is 88.3 Å². The van der Waals surface area contributed by atoms with Crippen LogP contribution in [0.4, 0.5) is 0 Å². The van der Waals surface area contributed by atoms with E-state index in [0.29, 0.717) is 23.2 Å². The van der Waals surface area contributed by atoms with Crippen molar-refractivity contribution in [1.82, 2.24) is 19.8 Å². The van der Waals surface area contributed by atoms with E-state index in [9.17, 15) is 8.42 Å². The molecule has 4 rings (SSSR count). The quantitative estimate of drug-likeness (QED) is 0.593. The summed E-state index contributed by atoms with van der Waals surface area (Å²) in [6.07, 6.45) is 2.00. The molecule has 1 saturated heterocycles. The van der Waals surface area contributed by atoms with E-state index in [1.807, 2.05) is 36.6 Å². The predicted molar refractivity (Wildman–Crippen MR) is 117 cm³/mol. The maximum Gasteiger partial charge on any atom is 0.244 e. The van der Waals surface area contributed by atoms with Crippen LogP contribution in [0.3, 0.4) is 0 Å². The number of piperidine rings is 1. The first-order chi connectivity index (χ1) is 14.4. The Balaban J connectivity index is 1.36. The second kappa shape index (κ2) is 8.97. The fourth-order valence-electron chi connectivity index (χ4n) is 3.71. The summed E-state index contributed by atoms with van der Waals surface area (Å²) in [7, 11) is -3.50. The summed E-state index contributed by atoms with van der Waals surface area (Å²) >= 11 is 1.58. The van der Waals surface area contributed by atoms with Gasteiger partial charge < -0.3 is 4.52 Å². The standard InChI is InChI=1S/C21H26N4O3S2/c1-15-7-9-18(10-8-15)30(26,27)22-13-17-5-3-11-25(14-17)16(2)21-23-20(24-28-21)19-6-4-12-29-19/h4,6-10,12,16-17,22H,3,5,11,13-14H2,1-2H3/t16-,17+/m0/s1. The Hall–Kier alpha value is -2.07. The molecule has 1 aliphatic heterocycles. The van der Waals surface area contributed by atoms with Crippen molar-refractivity contribution in [2.24, 2.45) is 5.92 Å². The first kappa shape index (κ1) is 21.2. The molecule has 7 nitrogen and oxygen atoms in total. The molecule has 0 unspecified atom stereocenters. The van der Waals surface area contributed by atoms with Gasteiger partial charge in [-0.25, -0.2) is 13.1 Å². The number of aromatic nitrogens is 2. The van der Waals surface area contributed by atoms with E-state index in [0.717, 1.165) is 36.4 Å². The zero-order chi connectivity index (χ0) is 21.1. The van der Waals surface area contributed by atoms with Crippen molar-refractivity contribution in [3.8, 4) is 10.7 Å². The number of thiophene rings is 1. The van der Waals surface area contributed by atoms with Crippen LogP contribution in [-0.4, -0.2) is 43.1 Å². The van der Waals surface area contributed by atoms with Gasteiger partial charge in [0, 0.05) is 13.1 Å². The lowest BCUT2D eigenvalue weighted by atomic mass is 9.97. The molecule has 1 N–H and O–H groups in total. The Bertz CT molecular complexity index is 1060. The molecule has 2 atom stereocenters. The zero-order valence-electron chi connectivity index (χ0n) is 17.1. The van der Waals surface area contributed by atoms with Crippen molar-refractivity contribution >= 4 is 21.4 Å². The molecule has 9 heteroatoms. The molecule has 0 spiro atoms. The van der Waals surface area contributed by atoms with Crippen molar-refractivity contribution in [2.45, 2.75) is 37.6 Å². The van der Waals surface area contributed by atoms with E-state index in [2.05, 4.69) is 26.7 Å². The summed E-state index contributed by atoms with van der Waals surface area (Å²) in [5.74, 6) is 1.45. The third-order valence-electron chi connectivity index (χ3n) is 5.53. The van der Waals surface area contributed by atoms with Gasteiger partial charge in [-0.05, 0) is 62.7 Å². The normalized spacial score (nSPS) is 19.1. The highest BCUT2D eigenvalue weighted by Gasteiger charge is 2.28. The van der Waals surface area contributed by atoms with Gasteiger partial charge in [0.25, 0.3) is 0 Å². The molecular weight excluding hydrogens is 420 g/mol. The highest BCUT2D eigenvalue weighted by atomic mass is 32.2. The Morgan fingerprint density at radius 3 is 2.83 bits per heavy atom. The Labute approximate surface area is 181 Å². The van der Waals surface area contributed by atoms with E-state index < -0.39 is 10.0 Å². The molecular formula is C21H26N4O3S2. The van der Waals surface area contributed by atoms with Crippen molar-refractivity contribution in [2.75, 3.05) is 19.6 Å². The number of hydrogen-bond acceptors (Lipinski definition) is 7. The molecule has 3 heterocycles. The van der Waals surface area contributed by atoms with Gasteiger partial charge in [0.05, 0.1) is 15.8 Å². The summed E-state index contributed by atoms with van der Waals surface area (Å²) in [6, 6.07) is 10.8. The number of hydrogen-bond donors (Lipinski definition) is 1. The molecule has 0 radical (unpaired) electrons. The van der Waals surface area contributed by atoms with Crippen LogP contribution < -0.4 is 4.72 Å². The van der Waals surface area contributed by atoms with E-state index in [-0.39, 0.29) is 12.0 Å². The first-order valence-electron chi connectivity index (χ1n) is 10.1. The number of benzene rings is 1. The van der Waals surface area contributed by atoms with Gasteiger partial charge in [-0.1, -0.05) is 28.9 Å². The lowest BCUT2D eigenvalue weighted by Crippen LogP contribution is -2.42. The summed E-state index contributed by atoms with van der Waals surface area (Å²) < 4.78 is 33.5. The SMILES string of the molecule is Cc1ccc(S(=O)(=O)NC[C@H]2CCCN([C@@H](C)c3nc(-c4cccs4)no3)C2)cc1.